The molecule has 0 saturated carbocycles. The van der Waals surface area contributed by atoms with Crippen LogP contribution in [0.3, 0.4) is 0 Å². The quantitative estimate of drug-likeness (QED) is 0.495. The van der Waals surface area contributed by atoms with Gasteiger partial charge in [-0.15, -0.1) is 0 Å². The van der Waals surface area contributed by atoms with Crippen LogP contribution in [0.4, 0.5) is 13.2 Å². The highest BCUT2D eigenvalue weighted by Gasteiger charge is 2.39. The van der Waals surface area contributed by atoms with E-state index >= 15 is 0 Å². The van der Waals surface area contributed by atoms with Crippen molar-refractivity contribution in [1.82, 2.24) is 19.7 Å². The second kappa shape index (κ2) is 9.16. The zero-order chi connectivity index (χ0) is 24.6. The standard InChI is InChI=1S/C22H16Cl2F3N5O2/c1-12(22(25,26)27)34-17-4-2-13(8-28)20(24)19(17)21(33)31-7-6-16-14(10-31)11-32(30-16)18-5-3-15(23)9-29-18/h2-5,9,11-12H,6-7,10H2,1H3. The number of carbonyl (C=O) groups excluding carboxylic acids is 1. The van der Waals surface area contributed by atoms with Crippen LogP contribution in [0.1, 0.15) is 34.1 Å². The normalized spacial score (nSPS) is 14.3. The van der Waals surface area contributed by atoms with Crippen molar-refractivity contribution in [3.8, 4) is 17.6 Å². The van der Waals surface area contributed by atoms with Crippen LogP contribution in [0.2, 0.25) is 10.0 Å². The van der Waals surface area contributed by atoms with E-state index in [1.807, 2.05) is 6.07 Å². The molecule has 0 spiro atoms. The predicted octanol–water partition coefficient (Wildman–Crippen LogP) is 4.97. The van der Waals surface area contributed by atoms with Crippen LogP contribution in [-0.4, -0.2) is 44.4 Å². The van der Waals surface area contributed by atoms with Gasteiger partial charge in [0.15, 0.2) is 11.9 Å². The lowest BCUT2D eigenvalue weighted by Crippen LogP contribution is -2.37. The number of halogens is 5. The van der Waals surface area contributed by atoms with Crippen molar-refractivity contribution in [1.29, 1.82) is 5.26 Å². The Kier molecular flexibility index (Phi) is 6.43. The molecule has 34 heavy (non-hydrogen) atoms. The largest absolute Gasteiger partial charge is 0.480 e. The summed E-state index contributed by atoms with van der Waals surface area (Å²) in [5.74, 6) is -0.446. The monoisotopic (exact) mass is 509 g/mol. The zero-order valence-electron chi connectivity index (χ0n) is 17.6. The summed E-state index contributed by atoms with van der Waals surface area (Å²) in [6.45, 7) is 1.22. The summed E-state index contributed by atoms with van der Waals surface area (Å²) in [5, 5.41) is 14.0. The molecule has 1 aliphatic heterocycles. The number of nitriles is 1. The molecule has 1 aliphatic rings. The van der Waals surface area contributed by atoms with E-state index < -0.39 is 18.2 Å². The van der Waals surface area contributed by atoms with Gasteiger partial charge in [0, 0.05) is 37.5 Å². The lowest BCUT2D eigenvalue weighted by molar-refractivity contribution is -0.189. The van der Waals surface area contributed by atoms with Gasteiger partial charge in [-0.1, -0.05) is 23.2 Å². The lowest BCUT2D eigenvalue weighted by Gasteiger charge is -2.28. The molecular formula is C22H16Cl2F3N5O2. The number of rotatable bonds is 4. The Morgan fingerprint density at radius 1 is 1.26 bits per heavy atom. The van der Waals surface area contributed by atoms with Crippen LogP contribution < -0.4 is 4.74 Å². The minimum atomic E-state index is -4.65. The molecule has 3 aromatic rings. The number of hydrogen-bond donors (Lipinski definition) is 0. The van der Waals surface area contributed by atoms with Gasteiger partial charge in [-0.2, -0.15) is 23.5 Å². The van der Waals surface area contributed by atoms with Crippen molar-refractivity contribution in [2.45, 2.75) is 32.2 Å². The van der Waals surface area contributed by atoms with Crippen molar-refractivity contribution in [2.75, 3.05) is 6.54 Å². The Balaban J connectivity index is 1.64. The van der Waals surface area contributed by atoms with Gasteiger partial charge in [0.1, 0.15) is 17.4 Å². The number of alkyl halides is 3. The van der Waals surface area contributed by atoms with Crippen LogP contribution in [-0.2, 0) is 13.0 Å². The molecule has 1 amide bonds. The molecule has 0 N–H and O–H groups in total. The third kappa shape index (κ3) is 4.67. The highest BCUT2D eigenvalue weighted by Crippen LogP contribution is 2.35. The zero-order valence-corrected chi connectivity index (χ0v) is 19.1. The van der Waals surface area contributed by atoms with Gasteiger partial charge in [0.25, 0.3) is 5.91 Å². The van der Waals surface area contributed by atoms with Crippen LogP contribution in [0, 0.1) is 11.3 Å². The van der Waals surface area contributed by atoms with E-state index in [1.165, 1.54) is 17.2 Å². The van der Waals surface area contributed by atoms with E-state index in [1.54, 1.807) is 23.0 Å². The first-order chi connectivity index (χ1) is 16.1. The molecule has 0 fully saturated rings. The third-order valence-electron chi connectivity index (χ3n) is 5.29. The Bertz CT molecular complexity index is 1290. The number of carbonyl (C=O) groups is 1. The maximum atomic E-state index is 13.4. The summed E-state index contributed by atoms with van der Waals surface area (Å²) in [6.07, 6.45) is -3.21. The number of aromatic nitrogens is 3. The highest BCUT2D eigenvalue weighted by molar-refractivity contribution is 6.35. The predicted molar refractivity (Wildman–Crippen MR) is 117 cm³/mol. The van der Waals surface area contributed by atoms with Crippen molar-refractivity contribution < 1.29 is 22.7 Å². The topological polar surface area (TPSA) is 84.0 Å². The lowest BCUT2D eigenvalue weighted by atomic mass is 10.0. The Labute approximate surface area is 202 Å². The fraction of sp³-hybridized carbons (Fsp3) is 0.273. The van der Waals surface area contributed by atoms with Crippen LogP contribution in [0.5, 0.6) is 5.75 Å². The number of hydrogen-bond acceptors (Lipinski definition) is 5. The van der Waals surface area contributed by atoms with Crippen LogP contribution >= 0.6 is 23.2 Å². The van der Waals surface area contributed by atoms with E-state index in [2.05, 4.69) is 10.1 Å². The molecule has 1 atom stereocenters. The van der Waals surface area contributed by atoms with E-state index in [9.17, 15) is 23.2 Å². The first-order valence-corrected chi connectivity index (χ1v) is 10.8. The molecular weight excluding hydrogens is 494 g/mol. The first-order valence-electron chi connectivity index (χ1n) is 10.0. The van der Waals surface area contributed by atoms with Gasteiger partial charge >= 0.3 is 6.18 Å². The summed E-state index contributed by atoms with van der Waals surface area (Å²) in [6, 6.07) is 7.58. The molecule has 12 heteroatoms. The van der Waals surface area contributed by atoms with Crippen LogP contribution in [0.25, 0.3) is 5.82 Å². The second-order valence-corrected chi connectivity index (χ2v) is 8.39. The Morgan fingerprint density at radius 3 is 2.68 bits per heavy atom. The number of ether oxygens (including phenoxy) is 1. The van der Waals surface area contributed by atoms with Gasteiger partial charge in [0.05, 0.1) is 21.3 Å². The van der Waals surface area contributed by atoms with E-state index in [0.717, 1.165) is 24.2 Å². The molecule has 1 unspecified atom stereocenters. The van der Waals surface area contributed by atoms with Crippen molar-refractivity contribution >= 4 is 29.1 Å². The maximum Gasteiger partial charge on any atom is 0.425 e. The molecule has 0 bridgehead atoms. The molecule has 176 valence electrons. The Morgan fingerprint density at radius 2 is 2.03 bits per heavy atom. The summed E-state index contributed by atoms with van der Waals surface area (Å²) in [5.41, 5.74) is 1.18. The molecule has 0 radical (unpaired) electrons. The fourth-order valence-corrected chi connectivity index (χ4v) is 3.86. The smallest absolute Gasteiger partial charge is 0.425 e. The average Bonchev–Trinajstić information content (AvgIpc) is 3.22. The molecule has 4 rings (SSSR count). The molecule has 0 saturated heterocycles. The van der Waals surface area contributed by atoms with Gasteiger partial charge in [0.2, 0.25) is 0 Å². The van der Waals surface area contributed by atoms with Gasteiger partial charge in [-0.05, 0) is 31.2 Å². The number of amides is 1. The number of fused-ring (bicyclic) bond motifs is 1. The summed E-state index contributed by atoms with van der Waals surface area (Å²) in [4.78, 5) is 19.0. The second-order valence-electron chi connectivity index (χ2n) is 7.57. The summed E-state index contributed by atoms with van der Waals surface area (Å²) < 4.78 is 45.8. The summed E-state index contributed by atoms with van der Waals surface area (Å²) >= 11 is 12.1. The van der Waals surface area contributed by atoms with Gasteiger partial charge in [-0.3, -0.25) is 4.79 Å². The number of nitrogens with zero attached hydrogens (tertiary/aromatic N) is 5. The number of benzene rings is 1. The molecule has 0 aliphatic carbocycles. The minimum absolute atomic E-state index is 0.0450. The third-order valence-corrected chi connectivity index (χ3v) is 5.91. The molecule has 7 nitrogen and oxygen atoms in total. The van der Waals surface area contributed by atoms with Crippen LogP contribution in [0.15, 0.2) is 36.7 Å². The van der Waals surface area contributed by atoms with E-state index in [0.29, 0.717) is 17.3 Å². The van der Waals surface area contributed by atoms with Crippen molar-refractivity contribution in [3.63, 3.8) is 0 Å². The number of pyridine rings is 1. The minimum Gasteiger partial charge on any atom is -0.480 e. The Hall–Kier alpha value is -3.29. The average molecular weight is 510 g/mol. The molecule has 2 aromatic heterocycles. The van der Waals surface area contributed by atoms with Gasteiger partial charge < -0.3 is 9.64 Å². The fourth-order valence-electron chi connectivity index (χ4n) is 3.47. The van der Waals surface area contributed by atoms with E-state index in [-0.39, 0.29) is 35.0 Å². The van der Waals surface area contributed by atoms with E-state index in [4.69, 9.17) is 27.9 Å². The highest BCUT2D eigenvalue weighted by atomic mass is 35.5. The maximum absolute atomic E-state index is 13.4. The summed E-state index contributed by atoms with van der Waals surface area (Å²) in [7, 11) is 0. The SMILES string of the molecule is CC(Oc1ccc(C#N)c(Cl)c1C(=O)N1CCc2nn(-c3ccc(Cl)cn3)cc2C1)C(F)(F)F. The van der Waals surface area contributed by atoms with Crippen molar-refractivity contribution in [3.05, 3.63) is 69.1 Å². The van der Waals surface area contributed by atoms with Gasteiger partial charge in [-0.25, -0.2) is 9.67 Å². The van der Waals surface area contributed by atoms with Crippen molar-refractivity contribution in [2.24, 2.45) is 0 Å². The molecule has 3 heterocycles. The molecule has 1 aromatic carbocycles. The first kappa shape index (κ1) is 23.9.